The summed E-state index contributed by atoms with van der Waals surface area (Å²) in [6.07, 6.45) is 78.7. The van der Waals surface area contributed by atoms with Crippen molar-refractivity contribution in [2.45, 2.75) is 374 Å². The van der Waals surface area contributed by atoms with E-state index in [4.69, 9.17) is 14.2 Å². The van der Waals surface area contributed by atoms with Crippen molar-refractivity contribution in [3.8, 4) is 0 Å². The maximum Gasteiger partial charge on any atom is 0.306 e. The van der Waals surface area contributed by atoms with Crippen molar-refractivity contribution in [2.75, 3.05) is 13.2 Å². The van der Waals surface area contributed by atoms with E-state index >= 15 is 0 Å². The zero-order valence-electron chi connectivity index (χ0n) is 50.6. The average Bonchev–Trinajstić information content (AvgIpc) is 3.41. The molecule has 0 radical (unpaired) electrons. The summed E-state index contributed by atoms with van der Waals surface area (Å²) < 4.78 is 17.0. The lowest BCUT2D eigenvalue weighted by molar-refractivity contribution is -0.167. The molecule has 0 heterocycles. The molecule has 0 saturated carbocycles. The van der Waals surface area contributed by atoms with Gasteiger partial charge in [-0.3, -0.25) is 14.4 Å². The number of rotatable bonds is 62. The lowest BCUT2D eigenvalue weighted by Gasteiger charge is -2.18. The van der Waals surface area contributed by atoms with Crippen molar-refractivity contribution in [1.82, 2.24) is 0 Å². The molecule has 440 valence electrons. The first-order valence-electron chi connectivity index (χ1n) is 33.5. The van der Waals surface area contributed by atoms with E-state index in [0.717, 1.165) is 64.2 Å². The second-order valence-electron chi connectivity index (χ2n) is 22.7. The quantitative estimate of drug-likeness (QED) is 0.0261. The third kappa shape index (κ3) is 62.4. The van der Waals surface area contributed by atoms with Gasteiger partial charge in [-0.1, -0.05) is 288 Å². The van der Waals surface area contributed by atoms with Crippen LogP contribution in [0.1, 0.15) is 367 Å². The van der Waals surface area contributed by atoms with Gasteiger partial charge in [0.2, 0.25) is 0 Å². The Morgan fingerprint density at radius 1 is 0.253 bits per heavy atom. The van der Waals surface area contributed by atoms with Crippen molar-refractivity contribution in [3.05, 3.63) is 36.5 Å². The number of allylic oxidation sites excluding steroid dienone is 6. The Hall–Kier alpha value is -2.37. The molecule has 0 N–H and O–H groups in total. The first-order chi connectivity index (χ1) is 37.0. The zero-order valence-corrected chi connectivity index (χ0v) is 50.6. The minimum absolute atomic E-state index is 0.0727. The summed E-state index contributed by atoms with van der Waals surface area (Å²) in [5, 5.41) is 0. The summed E-state index contributed by atoms with van der Waals surface area (Å²) in [7, 11) is 0. The Morgan fingerprint density at radius 2 is 0.440 bits per heavy atom. The van der Waals surface area contributed by atoms with Gasteiger partial charge in [0.1, 0.15) is 13.2 Å². The number of hydrogen-bond donors (Lipinski definition) is 0. The SMILES string of the molecule is CCCCCC/C=C\CCCCCCCC(=O)OCC(COC(=O)CCCCCCCCCCCCC/C=C\CCCCCCCCCC)OC(=O)CCCCCCCCCCC/C=C\CCCCCCCCCC. The summed E-state index contributed by atoms with van der Waals surface area (Å²) in [4.78, 5) is 38.3. The van der Waals surface area contributed by atoms with Crippen LogP contribution in [0.3, 0.4) is 0 Å². The van der Waals surface area contributed by atoms with Gasteiger partial charge in [0, 0.05) is 19.3 Å². The fraction of sp³-hybridized carbons (Fsp3) is 0.870. The Labute approximate surface area is 467 Å². The van der Waals surface area contributed by atoms with Crippen LogP contribution >= 0.6 is 0 Å². The first-order valence-corrected chi connectivity index (χ1v) is 33.5. The second kappa shape index (κ2) is 64.2. The van der Waals surface area contributed by atoms with E-state index in [1.165, 1.54) is 263 Å². The van der Waals surface area contributed by atoms with Crippen LogP contribution in [0.5, 0.6) is 0 Å². The minimum atomic E-state index is -0.776. The van der Waals surface area contributed by atoms with Crippen LogP contribution in [-0.2, 0) is 28.6 Å². The number of hydrogen-bond acceptors (Lipinski definition) is 6. The van der Waals surface area contributed by atoms with Gasteiger partial charge in [0.15, 0.2) is 6.10 Å². The maximum atomic E-state index is 12.9. The highest BCUT2D eigenvalue weighted by Gasteiger charge is 2.19. The molecule has 0 aliphatic heterocycles. The monoisotopic (exact) mass is 1050 g/mol. The summed E-state index contributed by atoms with van der Waals surface area (Å²) in [5.74, 6) is -0.861. The smallest absolute Gasteiger partial charge is 0.306 e. The molecule has 75 heavy (non-hydrogen) atoms. The molecule has 1 atom stereocenters. The number of carbonyl (C=O) groups excluding carboxylic acids is 3. The van der Waals surface area contributed by atoms with Crippen LogP contribution in [0.25, 0.3) is 0 Å². The Bertz CT molecular complexity index is 1250. The molecule has 0 aliphatic carbocycles. The molecule has 0 aromatic heterocycles. The summed E-state index contributed by atoms with van der Waals surface area (Å²) in [6, 6.07) is 0. The molecule has 0 aliphatic rings. The van der Waals surface area contributed by atoms with E-state index in [1.54, 1.807) is 0 Å². The van der Waals surface area contributed by atoms with Crippen molar-refractivity contribution in [3.63, 3.8) is 0 Å². The van der Waals surface area contributed by atoms with Gasteiger partial charge < -0.3 is 14.2 Å². The predicted molar refractivity (Wildman–Crippen MR) is 326 cm³/mol. The van der Waals surface area contributed by atoms with E-state index in [-0.39, 0.29) is 31.1 Å². The lowest BCUT2D eigenvalue weighted by atomic mass is 10.0. The van der Waals surface area contributed by atoms with Crippen LogP contribution in [0.4, 0.5) is 0 Å². The average molecular weight is 1050 g/mol. The molecule has 6 nitrogen and oxygen atoms in total. The van der Waals surface area contributed by atoms with E-state index in [2.05, 4.69) is 57.2 Å². The minimum Gasteiger partial charge on any atom is -0.462 e. The fourth-order valence-corrected chi connectivity index (χ4v) is 10.0. The van der Waals surface area contributed by atoms with Crippen LogP contribution in [0, 0.1) is 0 Å². The van der Waals surface area contributed by atoms with Gasteiger partial charge in [0.05, 0.1) is 0 Å². The van der Waals surface area contributed by atoms with Gasteiger partial charge in [-0.05, 0) is 96.3 Å². The molecule has 0 aromatic rings. The molecule has 0 aromatic carbocycles. The summed E-state index contributed by atoms with van der Waals surface area (Å²) in [5.41, 5.74) is 0. The van der Waals surface area contributed by atoms with E-state index < -0.39 is 6.10 Å². The molecule has 6 heteroatoms. The molecular formula is C69H128O6. The molecule has 0 spiro atoms. The van der Waals surface area contributed by atoms with Gasteiger partial charge in [0.25, 0.3) is 0 Å². The van der Waals surface area contributed by atoms with E-state index in [9.17, 15) is 14.4 Å². The lowest BCUT2D eigenvalue weighted by Crippen LogP contribution is -2.30. The predicted octanol–water partition coefficient (Wildman–Crippen LogP) is 22.8. The highest BCUT2D eigenvalue weighted by atomic mass is 16.6. The molecule has 0 rings (SSSR count). The van der Waals surface area contributed by atoms with Crippen molar-refractivity contribution in [2.24, 2.45) is 0 Å². The highest BCUT2D eigenvalue weighted by Crippen LogP contribution is 2.17. The molecule has 1 unspecified atom stereocenters. The number of esters is 3. The molecule has 0 fully saturated rings. The number of unbranched alkanes of at least 4 members (excludes halogenated alkanes) is 45. The second-order valence-corrected chi connectivity index (χ2v) is 22.7. The number of ether oxygens (including phenoxy) is 3. The first kappa shape index (κ1) is 72.6. The van der Waals surface area contributed by atoms with E-state index in [1.807, 2.05) is 0 Å². The zero-order chi connectivity index (χ0) is 54.3. The third-order valence-electron chi connectivity index (χ3n) is 15.1. The van der Waals surface area contributed by atoms with Crippen LogP contribution in [0.15, 0.2) is 36.5 Å². The standard InChI is InChI=1S/C69H128O6/c1-4-7-10-13-16-19-22-25-27-29-31-33-34-36-37-39-41-44-47-50-53-56-59-62-68(71)74-65-66(64-73-67(70)61-58-55-52-49-46-43-24-21-18-15-12-9-6-3)75-69(72)63-60-57-54-51-48-45-42-40-38-35-32-30-28-26-23-20-17-14-11-8-5-2/h21,24,29-32,66H,4-20,22-23,25-28,33-65H2,1-3H3/b24-21-,31-29-,32-30-. The van der Waals surface area contributed by atoms with Crippen LogP contribution in [-0.4, -0.2) is 37.2 Å². The van der Waals surface area contributed by atoms with Gasteiger partial charge in [-0.25, -0.2) is 0 Å². The topological polar surface area (TPSA) is 78.9 Å². The fourth-order valence-electron chi connectivity index (χ4n) is 10.0. The van der Waals surface area contributed by atoms with E-state index in [0.29, 0.717) is 19.3 Å². The highest BCUT2D eigenvalue weighted by molar-refractivity contribution is 5.71. The molecule has 0 bridgehead atoms. The largest absolute Gasteiger partial charge is 0.462 e. The maximum absolute atomic E-state index is 12.9. The van der Waals surface area contributed by atoms with Gasteiger partial charge in [-0.15, -0.1) is 0 Å². The van der Waals surface area contributed by atoms with Crippen molar-refractivity contribution >= 4 is 17.9 Å². The molecule has 0 saturated heterocycles. The Balaban J connectivity index is 4.27. The summed E-state index contributed by atoms with van der Waals surface area (Å²) >= 11 is 0. The Morgan fingerprint density at radius 3 is 0.680 bits per heavy atom. The van der Waals surface area contributed by atoms with Crippen LogP contribution < -0.4 is 0 Å². The van der Waals surface area contributed by atoms with Gasteiger partial charge in [-0.2, -0.15) is 0 Å². The summed E-state index contributed by atoms with van der Waals surface area (Å²) in [6.45, 7) is 6.68. The number of carbonyl (C=O) groups is 3. The third-order valence-corrected chi connectivity index (χ3v) is 15.1. The van der Waals surface area contributed by atoms with Crippen LogP contribution in [0.2, 0.25) is 0 Å². The van der Waals surface area contributed by atoms with Crippen molar-refractivity contribution in [1.29, 1.82) is 0 Å². The van der Waals surface area contributed by atoms with Crippen molar-refractivity contribution < 1.29 is 28.6 Å². The normalized spacial score (nSPS) is 12.2. The molecule has 0 amide bonds. The Kier molecular flexibility index (Phi) is 62.1. The molecular weight excluding hydrogens is 925 g/mol. The van der Waals surface area contributed by atoms with Gasteiger partial charge >= 0.3 is 17.9 Å².